The molecule has 0 unspecified atom stereocenters. The van der Waals surface area contributed by atoms with Gasteiger partial charge in [-0.25, -0.2) is 4.79 Å². The second-order valence-electron chi connectivity index (χ2n) is 3.68. The van der Waals surface area contributed by atoms with E-state index >= 15 is 0 Å². The van der Waals surface area contributed by atoms with Crippen molar-refractivity contribution in [1.29, 1.82) is 0 Å². The number of nitrogens with one attached hydrogen (secondary N) is 1. The summed E-state index contributed by atoms with van der Waals surface area (Å²) in [6.07, 6.45) is 0. The van der Waals surface area contributed by atoms with Gasteiger partial charge >= 0.3 is 6.03 Å². The quantitative estimate of drug-likeness (QED) is 0.629. The van der Waals surface area contributed by atoms with Gasteiger partial charge in [-0.05, 0) is 13.8 Å². The standard InChI is InChI=1S/C8H14N2O3/c1-8(2,5-13-3)10-4-6(11)9-7(10)12/h4-5H2,1-3H3,(H,9,11,12). The SMILES string of the molecule is COCC(C)(C)N1CC(=O)NC1=O. The van der Waals surface area contributed by atoms with Gasteiger partial charge in [-0.1, -0.05) is 0 Å². The number of urea groups is 1. The van der Waals surface area contributed by atoms with E-state index in [2.05, 4.69) is 5.32 Å². The van der Waals surface area contributed by atoms with Gasteiger partial charge < -0.3 is 9.64 Å². The molecule has 74 valence electrons. The first-order valence-corrected chi connectivity index (χ1v) is 4.08. The highest BCUT2D eigenvalue weighted by Crippen LogP contribution is 2.17. The van der Waals surface area contributed by atoms with E-state index in [9.17, 15) is 9.59 Å². The molecule has 0 radical (unpaired) electrons. The Balaban J connectivity index is 2.71. The number of amides is 3. The van der Waals surface area contributed by atoms with Gasteiger partial charge in [0, 0.05) is 7.11 Å². The molecule has 1 aliphatic heterocycles. The van der Waals surface area contributed by atoms with Crippen molar-refractivity contribution in [3.63, 3.8) is 0 Å². The molecule has 0 atom stereocenters. The lowest BCUT2D eigenvalue weighted by Gasteiger charge is -2.32. The molecule has 5 heteroatoms. The molecule has 3 amide bonds. The molecule has 0 aliphatic carbocycles. The van der Waals surface area contributed by atoms with Crippen LogP contribution in [0.1, 0.15) is 13.8 Å². The monoisotopic (exact) mass is 186 g/mol. The summed E-state index contributed by atoms with van der Waals surface area (Å²) in [7, 11) is 1.57. The van der Waals surface area contributed by atoms with Crippen molar-refractivity contribution in [1.82, 2.24) is 10.2 Å². The van der Waals surface area contributed by atoms with Crippen LogP contribution in [0.15, 0.2) is 0 Å². The predicted molar refractivity (Wildman–Crippen MR) is 46.2 cm³/mol. The number of rotatable bonds is 3. The van der Waals surface area contributed by atoms with Crippen molar-refractivity contribution in [2.75, 3.05) is 20.3 Å². The van der Waals surface area contributed by atoms with Crippen LogP contribution in [0.5, 0.6) is 0 Å². The molecule has 1 aliphatic rings. The third kappa shape index (κ3) is 1.98. The van der Waals surface area contributed by atoms with E-state index in [1.165, 1.54) is 4.90 Å². The van der Waals surface area contributed by atoms with Crippen LogP contribution < -0.4 is 5.32 Å². The van der Waals surface area contributed by atoms with Crippen LogP contribution >= 0.6 is 0 Å². The normalized spacial score (nSPS) is 17.9. The highest BCUT2D eigenvalue weighted by Gasteiger charge is 2.37. The van der Waals surface area contributed by atoms with Crippen LogP contribution in [0.25, 0.3) is 0 Å². The highest BCUT2D eigenvalue weighted by molar-refractivity contribution is 6.02. The first-order valence-electron chi connectivity index (χ1n) is 4.08. The molecule has 0 bridgehead atoms. The van der Waals surface area contributed by atoms with Crippen molar-refractivity contribution in [2.45, 2.75) is 19.4 Å². The van der Waals surface area contributed by atoms with E-state index in [-0.39, 0.29) is 18.5 Å². The predicted octanol–water partition coefficient (Wildman–Crippen LogP) is -0.0368. The minimum absolute atomic E-state index is 0.120. The third-order valence-corrected chi connectivity index (χ3v) is 2.02. The van der Waals surface area contributed by atoms with E-state index < -0.39 is 5.54 Å². The maximum atomic E-state index is 11.2. The molecule has 1 fully saturated rings. The summed E-state index contributed by atoms with van der Waals surface area (Å²) in [4.78, 5) is 23.6. The summed E-state index contributed by atoms with van der Waals surface area (Å²) >= 11 is 0. The van der Waals surface area contributed by atoms with Crippen molar-refractivity contribution in [2.24, 2.45) is 0 Å². The molecule has 13 heavy (non-hydrogen) atoms. The van der Waals surface area contributed by atoms with E-state index in [1.54, 1.807) is 7.11 Å². The van der Waals surface area contributed by atoms with Crippen LogP contribution in [0.2, 0.25) is 0 Å². The Bertz CT molecular complexity index is 238. The summed E-state index contributed by atoms with van der Waals surface area (Å²) in [6.45, 7) is 4.24. The second-order valence-corrected chi connectivity index (χ2v) is 3.68. The molecule has 5 nitrogen and oxygen atoms in total. The van der Waals surface area contributed by atoms with E-state index in [4.69, 9.17) is 4.74 Å². The van der Waals surface area contributed by atoms with Crippen LogP contribution in [0, 0.1) is 0 Å². The summed E-state index contributed by atoms with van der Waals surface area (Å²) in [5, 5.41) is 2.22. The summed E-state index contributed by atoms with van der Waals surface area (Å²) < 4.78 is 4.97. The molecule has 1 saturated heterocycles. The minimum Gasteiger partial charge on any atom is -0.382 e. The Morgan fingerprint density at radius 1 is 1.54 bits per heavy atom. The second kappa shape index (κ2) is 3.33. The van der Waals surface area contributed by atoms with Crippen LogP contribution in [-0.2, 0) is 9.53 Å². The van der Waals surface area contributed by atoms with Gasteiger partial charge in [0.05, 0.1) is 12.1 Å². The van der Waals surface area contributed by atoms with Gasteiger partial charge in [-0.15, -0.1) is 0 Å². The maximum absolute atomic E-state index is 11.2. The number of methoxy groups -OCH3 is 1. The average Bonchev–Trinajstić information content (AvgIpc) is 2.30. The van der Waals surface area contributed by atoms with Crippen LogP contribution in [-0.4, -0.2) is 42.6 Å². The molecule has 0 saturated carbocycles. The van der Waals surface area contributed by atoms with Crippen LogP contribution in [0.3, 0.4) is 0 Å². The van der Waals surface area contributed by atoms with Gasteiger partial charge in [-0.3, -0.25) is 10.1 Å². The zero-order valence-corrected chi connectivity index (χ0v) is 8.09. The van der Waals surface area contributed by atoms with Crippen LogP contribution in [0.4, 0.5) is 4.79 Å². The third-order valence-electron chi connectivity index (χ3n) is 2.02. The Labute approximate surface area is 77.0 Å². The Morgan fingerprint density at radius 2 is 2.15 bits per heavy atom. The summed E-state index contributed by atoms with van der Waals surface area (Å²) in [6, 6.07) is -0.341. The largest absolute Gasteiger partial charge is 0.382 e. The zero-order chi connectivity index (χ0) is 10.1. The van der Waals surface area contributed by atoms with Crippen molar-refractivity contribution >= 4 is 11.9 Å². The highest BCUT2D eigenvalue weighted by atomic mass is 16.5. The van der Waals surface area contributed by atoms with Crippen molar-refractivity contribution in [3.05, 3.63) is 0 Å². The van der Waals surface area contributed by atoms with E-state index in [0.29, 0.717) is 6.61 Å². The number of hydrogen-bond acceptors (Lipinski definition) is 3. The molecule has 0 aromatic rings. The Hall–Kier alpha value is -1.10. The fraction of sp³-hybridized carbons (Fsp3) is 0.750. The zero-order valence-electron chi connectivity index (χ0n) is 8.09. The summed E-state index contributed by atoms with van der Waals surface area (Å²) in [5.41, 5.74) is -0.439. The molecule has 0 aromatic heterocycles. The first-order chi connectivity index (χ1) is 5.97. The number of hydrogen-bond donors (Lipinski definition) is 1. The minimum atomic E-state index is -0.439. The first kappa shape index (κ1) is 9.98. The maximum Gasteiger partial charge on any atom is 0.325 e. The van der Waals surface area contributed by atoms with Gasteiger partial charge in [0.25, 0.3) is 0 Å². The van der Waals surface area contributed by atoms with Gasteiger partial charge in [0.1, 0.15) is 6.54 Å². The number of ether oxygens (including phenoxy) is 1. The van der Waals surface area contributed by atoms with E-state index in [0.717, 1.165) is 0 Å². The van der Waals surface area contributed by atoms with Crippen molar-refractivity contribution in [3.8, 4) is 0 Å². The van der Waals surface area contributed by atoms with Crippen molar-refractivity contribution < 1.29 is 14.3 Å². The fourth-order valence-electron chi connectivity index (χ4n) is 1.36. The molecule has 1 N–H and O–H groups in total. The molecule has 1 heterocycles. The Morgan fingerprint density at radius 3 is 2.54 bits per heavy atom. The molecular weight excluding hydrogens is 172 g/mol. The lowest BCUT2D eigenvalue weighted by Crippen LogP contribution is -2.48. The summed E-state index contributed by atoms with van der Waals surface area (Å²) in [5.74, 6) is -0.255. The van der Waals surface area contributed by atoms with E-state index in [1.807, 2.05) is 13.8 Å². The topological polar surface area (TPSA) is 58.6 Å². The number of carbonyl (C=O) groups excluding carboxylic acids is 2. The molecule has 0 aromatic carbocycles. The van der Waals surface area contributed by atoms with Gasteiger partial charge in [0.15, 0.2) is 0 Å². The Kier molecular flexibility index (Phi) is 2.56. The van der Waals surface area contributed by atoms with Gasteiger partial charge in [0.2, 0.25) is 5.91 Å². The van der Waals surface area contributed by atoms with Gasteiger partial charge in [-0.2, -0.15) is 0 Å². The smallest absolute Gasteiger partial charge is 0.325 e. The number of nitrogens with zero attached hydrogens (tertiary/aromatic N) is 1. The lowest BCUT2D eigenvalue weighted by molar-refractivity contribution is -0.119. The molecule has 1 rings (SSSR count). The lowest BCUT2D eigenvalue weighted by atomic mass is 10.1. The number of carbonyl (C=O) groups is 2. The molecule has 0 spiro atoms. The average molecular weight is 186 g/mol. The fourth-order valence-corrected chi connectivity index (χ4v) is 1.36. The molecular formula is C8H14N2O3. The number of imide groups is 1.